The van der Waals surface area contributed by atoms with Crippen LogP contribution in [0.2, 0.25) is 0 Å². The predicted octanol–water partition coefficient (Wildman–Crippen LogP) is -0.111. The predicted molar refractivity (Wildman–Crippen MR) is 34.9 cm³/mol. The molecule has 0 aromatic rings. The first-order valence-corrected chi connectivity index (χ1v) is 3.58. The fraction of sp³-hybridized carbons (Fsp3) is 0.857. The van der Waals surface area contributed by atoms with E-state index in [0.717, 1.165) is 12.5 Å². The minimum absolute atomic E-state index is 0.319. The smallest absolute Gasteiger partial charge is 0.0558 e. The second-order valence-electron chi connectivity index (χ2n) is 3.02. The molecule has 2 heteroatoms. The van der Waals surface area contributed by atoms with Crippen molar-refractivity contribution in [3.63, 3.8) is 0 Å². The van der Waals surface area contributed by atoms with Crippen molar-refractivity contribution in [3.05, 3.63) is 5.92 Å². The van der Waals surface area contributed by atoms with Gasteiger partial charge in [0.1, 0.15) is 0 Å². The van der Waals surface area contributed by atoms with Gasteiger partial charge in [-0.1, -0.05) is 0 Å². The summed E-state index contributed by atoms with van der Waals surface area (Å²) in [5.41, 5.74) is 0. The fourth-order valence-corrected chi connectivity index (χ4v) is 1.62. The van der Waals surface area contributed by atoms with Crippen molar-refractivity contribution < 1.29 is 5.11 Å². The lowest BCUT2D eigenvalue weighted by Crippen LogP contribution is -2.25. The molecule has 2 nitrogen and oxygen atoms in total. The molecule has 2 rings (SSSR count). The van der Waals surface area contributed by atoms with Crippen molar-refractivity contribution in [2.45, 2.75) is 6.42 Å². The number of aliphatic hydroxyl groups is 1. The second kappa shape index (κ2) is 1.96. The number of rotatable bonds is 2. The van der Waals surface area contributed by atoms with Gasteiger partial charge < -0.3 is 10.0 Å². The first-order chi connectivity index (χ1) is 4.40. The molecule has 1 saturated heterocycles. The van der Waals surface area contributed by atoms with Crippen LogP contribution in [0.4, 0.5) is 0 Å². The monoisotopic (exact) mass is 126 g/mol. The summed E-state index contributed by atoms with van der Waals surface area (Å²) in [6.45, 7) is 3.58. The fourth-order valence-electron chi connectivity index (χ4n) is 1.62. The van der Waals surface area contributed by atoms with E-state index in [1.807, 2.05) is 0 Å². The standard InChI is InChI=1S/C7H12NO/c9-2-1-8-4-6-3-7(6)5-8/h6,9H,1-5H2. The van der Waals surface area contributed by atoms with Gasteiger partial charge in [-0.25, -0.2) is 0 Å². The van der Waals surface area contributed by atoms with Crippen molar-refractivity contribution >= 4 is 0 Å². The molecule has 51 valence electrons. The van der Waals surface area contributed by atoms with E-state index in [-0.39, 0.29) is 0 Å². The maximum atomic E-state index is 8.58. The molecule has 1 aliphatic carbocycles. The highest BCUT2D eigenvalue weighted by atomic mass is 16.3. The summed E-state index contributed by atoms with van der Waals surface area (Å²) in [5, 5.41) is 8.58. The first kappa shape index (κ1) is 5.69. The van der Waals surface area contributed by atoms with E-state index in [1.54, 1.807) is 5.92 Å². The molecule has 1 aliphatic heterocycles. The van der Waals surface area contributed by atoms with Crippen LogP contribution in [0.1, 0.15) is 6.42 Å². The molecule has 1 atom stereocenters. The molecule has 1 saturated carbocycles. The van der Waals surface area contributed by atoms with Gasteiger partial charge in [0.15, 0.2) is 0 Å². The Morgan fingerprint density at radius 2 is 2.56 bits per heavy atom. The molecule has 0 spiro atoms. The molecule has 0 aromatic heterocycles. The number of nitrogens with zero attached hydrogens (tertiary/aromatic N) is 1. The van der Waals surface area contributed by atoms with Crippen molar-refractivity contribution in [1.29, 1.82) is 0 Å². The third kappa shape index (κ3) is 0.970. The summed E-state index contributed by atoms with van der Waals surface area (Å²) >= 11 is 0. The molecule has 1 heterocycles. The lowest BCUT2D eigenvalue weighted by atomic mass is 10.4. The van der Waals surface area contributed by atoms with Crippen LogP contribution in [-0.2, 0) is 0 Å². The van der Waals surface area contributed by atoms with E-state index in [2.05, 4.69) is 4.90 Å². The van der Waals surface area contributed by atoms with Crippen LogP contribution < -0.4 is 0 Å². The van der Waals surface area contributed by atoms with Crippen LogP contribution in [0, 0.1) is 11.8 Å². The average Bonchev–Trinajstić information content (AvgIpc) is 2.42. The largest absolute Gasteiger partial charge is 0.395 e. The molecule has 0 amide bonds. The Morgan fingerprint density at radius 3 is 3.11 bits per heavy atom. The third-order valence-electron chi connectivity index (χ3n) is 2.25. The van der Waals surface area contributed by atoms with E-state index in [0.29, 0.717) is 6.61 Å². The highest BCUT2D eigenvalue weighted by molar-refractivity contribution is 5.21. The van der Waals surface area contributed by atoms with Gasteiger partial charge in [-0.3, -0.25) is 0 Å². The first-order valence-electron chi connectivity index (χ1n) is 3.58. The molecular formula is C7H12NO. The van der Waals surface area contributed by atoms with Gasteiger partial charge in [0.05, 0.1) is 6.61 Å². The highest BCUT2D eigenvalue weighted by Crippen LogP contribution is 2.46. The molecule has 2 fully saturated rings. The van der Waals surface area contributed by atoms with Crippen LogP contribution in [-0.4, -0.2) is 36.2 Å². The van der Waals surface area contributed by atoms with Gasteiger partial charge >= 0.3 is 0 Å². The Bertz CT molecular complexity index is 105. The summed E-state index contributed by atoms with van der Waals surface area (Å²) in [4.78, 5) is 2.32. The van der Waals surface area contributed by atoms with Crippen LogP contribution >= 0.6 is 0 Å². The number of β-amino-alcohol motifs (C(OH)–C–C–N with tert-alkyl or cyclic N) is 1. The second-order valence-corrected chi connectivity index (χ2v) is 3.02. The zero-order chi connectivity index (χ0) is 6.27. The average molecular weight is 126 g/mol. The van der Waals surface area contributed by atoms with Gasteiger partial charge in [0.25, 0.3) is 0 Å². The molecule has 1 unspecified atom stereocenters. The number of piperidine rings is 1. The van der Waals surface area contributed by atoms with Crippen molar-refractivity contribution in [2.75, 3.05) is 26.2 Å². The summed E-state index contributed by atoms with van der Waals surface area (Å²) < 4.78 is 0. The highest BCUT2D eigenvalue weighted by Gasteiger charge is 2.45. The van der Waals surface area contributed by atoms with E-state index in [9.17, 15) is 0 Å². The van der Waals surface area contributed by atoms with E-state index in [4.69, 9.17) is 5.11 Å². The van der Waals surface area contributed by atoms with Crippen molar-refractivity contribution in [3.8, 4) is 0 Å². The van der Waals surface area contributed by atoms with Gasteiger partial charge in [0, 0.05) is 19.6 Å². The molecule has 1 radical (unpaired) electrons. The number of fused-ring (bicyclic) bond motifs is 1. The summed E-state index contributed by atoms with van der Waals surface area (Å²) in [7, 11) is 0. The molecular weight excluding hydrogens is 114 g/mol. The zero-order valence-electron chi connectivity index (χ0n) is 5.51. The van der Waals surface area contributed by atoms with Crippen LogP contribution in [0.25, 0.3) is 0 Å². The van der Waals surface area contributed by atoms with E-state index >= 15 is 0 Å². The molecule has 0 aromatic carbocycles. The molecule has 9 heavy (non-hydrogen) atoms. The summed E-state index contributed by atoms with van der Waals surface area (Å²) in [6.07, 6.45) is 1.38. The molecule has 2 aliphatic rings. The molecule has 1 N–H and O–H groups in total. The van der Waals surface area contributed by atoms with Crippen LogP contribution in [0.15, 0.2) is 0 Å². The number of hydrogen-bond acceptors (Lipinski definition) is 2. The lowest BCUT2D eigenvalue weighted by molar-refractivity contribution is 0.214. The van der Waals surface area contributed by atoms with E-state index in [1.165, 1.54) is 19.5 Å². The summed E-state index contributed by atoms with van der Waals surface area (Å²) in [5.74, 6) is 2.64. The number of aliphatic hydroxyl groups excluding tert-OH is 1. The Hall–Kier alpha value is -0.0800. The Labute approximate surface area is 55.5 Å². The number of hydrogen-bond donors (Lipinski definition) is 1. The normalized spacial score (nSPS) is 35.0. The Morgan fingerprint density at radius 1 is 1.67 bits per heavy atom. The van der Waals surface area contributed by atoms with Crippen molar-refractivity contribution in [1.82, 2.24) is 4.90 Å². The Kier molecular flexibility index (Phi) is 1.24. The van der Waals surface area contributed by atoms with Crippen molar-refractivity contribution in [2.24, 2.45) is 5.92 Å². The maximum absolute atomic E-state index is 8.58. The quantitative estimate of drug-likeness (QED) is 0.558. The van der Waals surface area contributed by atoms with Crippen LogP contribution in [0.3, 0.4) is 0 Å². The topological polar surface area (TPSA) is 23.5 Å². The molecule has 0 bridgehead atoms. The van der Waals surface area contributed by atoms with Gasteiger partial charge in [-0.15, -0.1) is 0 Å². The number of likely N-dealkylation sites (tertiary alicyclic amines) is 1. The van der Waals surface area contributed by atoms with Gasteiger partial charge in [0.2, 0.25) is 0 Å². The lowest BCUT2D eigenvalue weighted by Gasteiger charge is -2.14. The summed E-state index contributed by atoms with van der Waals surface area (Å²) in [6, 6.07) is 0. The Balaban J connectivity index is 1.77. The minimum atomic E-state index is 0.319. The third-order valence-corrected chi connectivity index (χ3v) is 2.25. The SMILES string of the molecule is OCCN1C[C]2CC2C1. The van der Waals surface area contributed by atoms with Gasteiger partial charge in [-0.2, -0.15) is 0 Å². The van der Waals surface area contributed by atoms with Crippen LogP contribution in [0.5, 0.6) is 0 Å². The maximum Gasteiger partial charge on any atom is 0.0558 e. The van der Waals surface area contributed by atoms with E-state index < -0.39 is 0 Å². The zero-order valence-corrected chi connectivity index (χ0v) is 5.51. The minimum Gasteiger partial charge on any atom is -0.395 e. The van der Waals surface area contributed by atoms with Gasteiger partial charge in [-0.05, 0) is 18.3 Å².